The van der Waals surface area contributed by atoms with Crippen LogP contribution in [0.1, 0.15) is 16.8 Å². The molecule has 7 nitrogen and oxygen atoms in total. The first-order chi connectivity index (χ1) is 11.8. The lowest BCUT2D eigenvalue weighted by Crippen LogP contribution is -2.42. The number of aromatic amines is 1. The van der Waals surface area contributed by atoms with Crippen molar-refractivity contribution in [2.24, 2.45) is 0 Å². The molecule has 3 rings (SSSR count). The molecule has 1 aliphatic rings. The summed E-state index contributed by atoms with van der Waals surface area (Å²) in [5, 5.41) is 3.59. The molecule has 1 aliphatic heterocycles. The normalized spacial score (nSPS) is 19.4. The molecule has 1 aromatic carbocycles. The van der Waals surface area contributed by atoms with Gasteiger partial charge in [-0.25, -0.2) is 8.42 Å². The molecule has 1 unspecified atom stereocenters. The Kier molecular flexibility index (Phi) is 4.91. The predicted molar refractivity (Wildman–Crippen MR) is 95.3 cm³/mol. The Balaban J connectivity index is 1.54. The van der Waals surface area contributed by atoms with Gasteiger partial charge in [-0.2, -0.15) is 0 Å². The van der Waals surface area contributed by atoms with Crippen LogP contribution in [0.4, 0.5) is 0 Å². The van der Waals surface area contributed by atoms with Crippen LogP contribution < -0.4 is 5.32 Å². The van der Waals surface area contributed by atoms with Crippen molar-refractivity contribution < 1.29 is 18.0 Å². The van der Waals surface area contributed by atoms with Gasteiger partial charge in [0.05, 0.1) is 24.6 Å². The number of nitrogens with one attached hydrogen (secondary N) is 2. The maximum Gasteiger partial charge on any atom is 0.234 e. The van der Waals surface area contributed by atoms with Crippen LogP contribution in [0.3, 0.4) is 0 Å². The van der Waals surface area contributed by atoms with E-state index in [-0.39, 0.29) is 42.3 Å². The van der Waals surface area contributed by atoms with Gasteiger partial charge >= 0.3 is 0 Å². The Hall–Kier alpha value is -2.19. The fourth-order valence-electron chi connectivity index (χ4n) is 3.12. The molecular formula is C17H21N3O4S. The van der Waals surface area contributed by atoms with E-state index in [9.17, 15) is 18.0 Å². The van der Waals surface area contributed by atoms with Gasteiger partial charge in [-0.05, 0) is 19.5 Å². The Morgan fingerprint density at radius 3 is 2.76 bits per heavy atom. The number of likely N-dealkylation sites (N-methyl/N-ethyl adjacent to an activating group) is 1. The average molecular weight is 363 g/mol. The third-order valence-corrected chi connectivity index (χ3v) is 6.08. The third kappa shape index (κ3) is 4.26. The van der Waals surface area contributed by atoms with Crippen molar-refractivity contribution in [3.8, 4) is 0 Å². The number of carbonyl (C=O) groups excluding carboxylic acids is 2. The minimum absolute atomic E-state index is 0.00325. The predicted octanol–water partition coefficient (Wildman–Crippen LogP) is 0.586. The molecule has 25 heavy (non-hydrogen) atoms. The lowest BCUT2D eigenvalue weighted by molar-refractivity contribution is -0.122. The molecule has 2 heterocycles. The number of benzene rings is 1. The Morgan fingerprint density at radius 1 is 1.28 bits per heavy atom. The van der Waals surface area contributed by atoms with Crippen LogP contribution in [-0.4, -0.2) is 67.7 Å². The average Bonchev–Trinajstić information content (AvgIpc) is 3.10. The molecule has 134 valence electrons. The van der Waals surface area contributed by atoms with Gasteiger partial charge in [0.1, 0.15) is 0 Å². The number of amides is 1. The van der Waals surface area contributed by atoms with Crippen molar-refractivity contribution in [3.63, 3.8) is 0 Å². The van der Waals surface area contributed by atoms with Crippen LogP contribution in [0.25, 0.3) is 10.9 Å². The van der Waals surface area contributed by atoms with Crippen LogP contribution in [0.15, 0.2) is 30.5 Å². The molecule has 1 amide bonds. The highest BCUT2D eigenvalue weighted by Crippen LogP contribution is 2.18. The molecule has 1 saturated heterocycles. The second-order valence-electron chi connectivity index (χ2n) is 6.51. The maximum absolute atomic E-state index is 12.5. The van der Waals surface area contributed by atoms with Crippen LogP contribution in [0.2, 0.25) is 0 Å². The SMILES string of the molecule is CN(CC(=O)NC1CCS(=O)(=O)C1)CC(=O)c1c[nH]c2ccccc12. The number of aromatic nitrogens is 1. The zero-order valence-electron chi connectivity index (χ0n) is 14.0. The van der Waals surface area contributed by atoms with Crippen LogP contribution >= 0.6 is 0 Å². The summed E-state index contributed by atoms with van der Waals surface area (Å²) >= 11 is 0. The largest absolute Gasteiger partial charge is 0.360 e. The topological polar surface area (TPSA) is 99.3 Å². The van der Waals surface area contributed by atoms with Gasteiger partial charge < -0.3 is 10.3 Å². The van der Waals surface area contributed by atoms with E-state index in [0.29, 0.717) is 12.0 Å². The van der Waals surface area contributed by atoms with Gasteiger partial charge in [0.15, 0.2) is 15.6 Å². The minimum Gasteiger partial charge on any atom is -0.360 e. The fourth-order valence-corrected chi connectivity index (χ4v) is 4.79. The number of ketones is 1. The molecule has 8 heteroatoms. The highest BCUT2D eigenvalue weighted by Gasteiger charge is 2.29. The number of para-hydroxylation sites is 1. The zero-order chi connectivity index (χ0) is 18.0. The molecule has 2 aromatic rings. The fraction of sp³-hybridized carbons (Fsp3) is 0.412. The lowest BCUT2D eigenvalue weighted by atomic mass is 10.1. The van der Waals surface area contributed by atoms with Gasteiger partial charge in [-0.3, -0.25) is 14.5 Å². The van der Waals surface area contributed by atoms with E-state index in [1.165, 1.54) is 0 Å². The molecule has 2 N–H and O–H groups in total. The molecule has 1 aromatic heterocycles. The summed E-state index contributed by atoms with van der Waals surface area (Å²) in [7, 11) is -1.33. The number of rotatable bonds is 6. The van der Waals surface area contributed by atoms with Crippen LogP contribution in [0.5, 0.6) is 0 Å². The zero-order valence-corrected chi connectivity index (χ0v) is 14.8. The number of sulfone groups is 1. The van der Waals surface area contributed by atoms with Gasteiger partial charge in [-0.1, -0.05) is 18.2 Å². The molecule has 0 spiro atoms. The van der Waals surface area contributed by atoms with Crippen LogP contribution in [-0.2, 0) is 14.6 Å². The van der Waals surface area contributed by atoms with Crippen molar-refractivity contribution in [2.45, 2.75) is 12.5 Å². The smallest absolute Gasteiger partial charge is 0.234 e. The molecule has 1 atom stereocenters. The summed E-state index contributed by atoms with van der Waals surface area (Å²) in [5.41, 5.74) is 1.50. The van der Waals surface area contributed by atoms with Crippen LogP contribution in [0, 0.1) is 0 Å². The van der Waals surface area contributed by atoms with Gasteiger partial charge in [0.25, 0.3) is 0 Å². The van der Waals surface area contributed by atoms with E-state index in [4.69, 9.17) is 0 Å². The first-order valence-electron chi connectivity index (χ1n) is 8.12. The molecule has 0 bridgehead atoms. The van der Waals surface area contributed by atoms with E-state index in [2.05, 4.69) is 10.3 Å². The number of fused-ring (bicyclic) bond motifs is 1. The number of carbonyl (C=O) groups is 2. The van der Waals surface area contributed by atoms with Gasteiger partial charge in [0, 0.05) is 28.7 Å². The molecule has 0 radical (unpaired) electrons. The second-order valence-corrected chi connectivity index (χ2v) is 8.74. The summed E-state index contributed by atoms with van der Waals surface area (Å²) in [6.07, 6.45) is 2.14. The first-order valence-corrected chi connectivity index (χ1v) is 9.94. The Morgan fingerprint density at radius 2 is 2.04 bits per heavy atom. The molecule has 1 fully saturated rings. The first kappa shape index (κ1) is 17.6. The highest BCUT2D eigenvalue weighted by atomic mass is 32.2. The van der Waals surface area contributed by atoms with E-state index >= 15 is 0 Å². The van der Waals surface area contributed by atoms with Crippen molar-refractivity contribution in [3.05, 3.63) is 36.0 Å². The van der Waals surface area contributed by atoms with Gasteiger partial charge in [-0.15, -0.1) is 0 Å². The number of H-pyrrole nitrogens is 1. The molecule has 0 saturated carbocycles. The number of hydrogen-bond acceptors (Lipinski definition) is 5. The number of hydrogen-bond donors (Lipinski definition) is 2. The summed E-state index contributed by atoms with van der Waals surface area (Å²) in [5.74, 6) is -0.226. The third-order valence-electron chi connectivity index (χ3n) is 4.31. The van der Waals surface area contributed by atoms with E-state index < -0.39 is 9.84 Å². The van der Waals surface area contributed by atoms with Crippen molar-refractivity contribution >= 4 is 32.4 Å². The minimum atomic E-state index is -3.02. The number of nitrogens with zero attached hydrogens (tertiary/aromatic N) is 1. The summed E-state index contributed by atoms with van der Waals surface area (Å²) in [4.78, 5) is 29.2. The quantitative estimate of drug-likeness (QED) is 0.732. The summed E-state index contributed by atoms with van der Waals surface area (Å²) in [6, 6.07) is 7.23. The number of Topliss-reactive ketones (excluding diaryl/α,β-unsaturated/α-hetero) is 1. The lowest BCUT2D eigenvalue weighted by Gasteiger charge is -2.17. The summed E-state index contributed by atoms with van der Waals surface area (Å²) < 4.78 is 22.8. The van der Waals surface area contributed by atoms with Crippen molar-refractivity contribution in [1.82, 2.24) is 15.2 Å². The van der Waals surface area contributed by atoms with E-state index in [1.807, 2.05) is 24.3 Å². The highest BCUT2D eigenvalue weighted by molar-refractivity contribution is 7.91. The Bertz CT molecular complexity index is 904. The van der Waals surface area contributed by atoms with Gasteiger partial charge in [0.2, 0.25) is 5.91 Å². The monoisotopic (exact) mass is 363 g/mol. The van der Waals surface area contributed by atoms with E-state index in [0.717, 1.165) is 10.9 Å². The van der Waals surface area contributed by atoms with Crippen molar-refractivity contribution in [2.75, 3.05) is 31.6 Å². The molecular weight excluding hydrogens is 342 g/mol. The van der Waals surface area contributed by atoms with Crippen molar-refractivity contribution in [1.29, 1.82) is 0 Å². The standard InChI is InChI=1S/C17H21N3O4S/c1-20(10-17(22)19-12-6-7-25(23,24)11-12)9-16(21)14-8-18-15-5-3-2-4-13(14)15/h2-5,8,12,18H,6-7,9-11H2,1H3,(H,19,22). The molecule has 0 aliphatic carbocycles. The maximum atomic E-state index is 12.5. The van der Waals surface area contributed by atoms with E-state index in [1.54, 1.807) is 18.1 Å². The summed E-state index contributed by atoms with van der Waals surface area (Å²) in [6.45, 7) is 0.156. The second kappa shape index (κ2) is 6.97. The Labute approximate surface area is 146 Å².